The van der Waals surface area contributed by atoms with Gasteiger partial charge in [0.15, 0.2) is 6.04 Å². The van der Waals surface area contributed by atoms with Gasteiger partial charge in [0.25, 0.3) is 0 Å². The van der Waals surface area contributed by atoms with Crippen LogP contribution in [0.15, 0.2) is 0 Å². The van der Waals surface area contributed by atoms with Gasteiger partial charge in [0.1, 0.15) is 0 Å². The lowest BCUT2D eigenvalue weighted by molar-refractivity contribution is -0.408. The first-order chi connectivity index (χ1) is 4.22. The van der Waals surface area contributed by atoms with E-state index in [-0.39, 0.29) is 12.0 Å². The van der Waals surface area contributed by atoms with E-state index in [1.807, 2.05) is 6.92 Å². The highest BCUT2D eigenvalue weighted by Crippen LogP contribution is 1.86. The highest BCUT2D eigenvalue weighted by molar-refractivity contribution is 5.73. The Kier molecular flexibility index (Phi) is 4.05. The number of quaternary nitrogens is 1. The number of ether oxygens (including phenoxy) is 1. The predicted octanol–water partition coefficient (Wildman–Crippen LogP) is -0.430. The SMILES string of the molecule is CCOC(=O)[C@H]([NH3+])CC. The quantitative estimate of drug-likeness (QED) is 0.530. The molecular formula is C6H14NO2+. The summed E-state index contributed by atoms with van der Waals surface area (Å²) in [6.45, 7) is 4.15. The van der Waals surface area contributed by atoms with Crippen molar-refractivity contribution in [1.82, 2.24) is 0 Å². The minimum atomic E-state index is -0.194. The molecule has 3 heteroatoms. The van der Waals surface area contributed by atoms with E-state index in [0.717, 1.165) is 6.42 Å². The predicted molar refractivity (Wildman–Crippen MR) is 33.6 cm³/mol. The number of esters is 1. The van der Waals surface area contributed by atoms with Crippen molar-refractivity contribution >= 4 is 5.97 Å². The van der Waals surface area contributed by atoms with Crippen LogP contribution in [-0.4, -0.2) is 18.6 Å². The van der Waals surface area contributed by atoms with E-state index in [9.17, 15) is 4.79 Å². The van der Waals surface area contributed by atoms with Crippen molar-refractivity contribution in [3.63, 3.8) is 0 Å². The molecule has 0 aromatic heterocycles. The normalized spacial score (nSPS) is 12.8. The summed E-state index contributed by atoms with van der Waals surface area (Å²) in [4.78, 5) is 10.7. The average Bonchev–Trinajstić information content (AvgIpc) is 1.87. The molecule has 3 nitrogen and oxygen atoms in total. The van der Waals surface area contributed by atoms with Gasteiger partial charge in [-0.25, -0.2) is 4.79 Å². The Hall–Kier alpha value is -0.570. The van der Waals surface area contributed by atoms with Crippen molar-refractivity contribution in [3.05, 3.63) is 0 Å². The van der Waals surface area contributed by atoms with Gasteiger partial charge in [-0.1, -0.05) is 6.92 Å². The van der Waals surface area contributed by atoms with Gasteiger partial charge in [-0.2, -0.15) is 0 Å². The molecule has 0 unspecified atom stereocenters. The first-order valence-electron chi connectivity index (χ1n) is 3.22. The molecule has 0 bridgehead atoms. The molecule has 0 amide bonds. The second kappa shape index (κ2) is 4.32. The van der Waals surface area contributed by atoms with E-state index in [4.69, 9.17) is 4.74 Å². The van der Waals surface area contributed by atoms with Gasteiger partial charge in [0, 0.05) is 6.42 Å². The molecule has 0 aromatic carbocycles. The van der Waals surface area contributed by atoms with Crippen LogP contribution in [-0.2, 0) is 9.53 Å². The Labute approximate surface area is 55.2 Å². The zero-order valence-electron chi connectivity index (χ0n) is 6.02. The molecule has 0 spiro atoms. The third-order valence-corrected chi connectivity index (χ3v) is 1.11. The Morgan fingerprint density at radius 3 is 2.56 bits per heavy atom. The van der Waals surface area contributed by atoms with Crippen LogP contribution in [0.3, 0.4) is 0 Å². The van der Waals surface area contributed by atoms with Crippen molar-refractivity contribution in [2.45, 2.75) is 26.3 Å². The number of rotatable bonds is 3. The van der Waals surface area contributed by atoms with Crippen molar-refractivity contribution in [1.29, 1.82) is 0 Å². The maximum absolute atomic E-state index is 10.7. The molecule has 0 aliphatic carbocycles. The third kappa shape index (κ3) is 3.08. The van der Waals surface area contributed by atoms with E-state index < -0.39 is 0 Å². The average molecular weight is 132 g/mol. The van der Waals surface area contributed by atoms with Crippen LogP contribution < -0.4 is 5.73 Å². The van der Waals surface area contributed by atoms with Crippen molar-refractivity contribution < 1.29 is 15.3 Å². The third-order valence-electron chi connectivity index (χ3n) is 1.11. The summed E-state index contributed by atoms with van der Waals surface area (Å²) in [6.07, 6.45) is 0.749. The van der Waals surface area contributed by atoms with Crippen LogP contribution in [0, 0.1) is 0 Å². The highest BCUT2D eigenvalue weighted by atomic mass is 16.5. The Balaban J connectivity index is 3.46. The van der Waals surface area contributed by atoms with Crippen molar-refractivity contribution in [2.75, 3.05) is 6.61 Å². The number of carbonyl (C=O) groups is 1. The fraction of sp³-hybridized carbons (Fsp3) is 0.833. The fourth-order valence-electron chi connectivity index (χ4n) is 0.427. The molecule has 0 aromatic rings. The number of carbonyl (C=O) groups excluding carboxylic acids is 1. The molecule has 1 atom stereocenters. The summed E-state index contributed by atoms with van der Waals surface area (Å²) in [5, 5.41) is 0. The van der Waals surface area contributed by atoms with Crippen LogP contribution in [0.4, 0.5) is 0 Å². The van der Waals surface area contributed by atoms with E-state index in [0.29, 0.717) is 6.61 Å². The molecule has 0 fully saturated rings. The van der Waals surface area contributed by atoms with Crippen LogP contribution in [0.2, 0.25) is 0 Å². The fourth-order valence-corrected chi connectivity index (χ4v) is 0.427. The maximum atomic E-state index is 10.7. The molecule has 0 aliphatic heterocycles. The van der Waals surface area contributed by atoms with Crippen molar-refractivity contribution in [2.24, 2.45) is 0 Å². The lowest BCUT2D eigenvalue weighted by Gasteiger charge is -2.02. The highest BCUT2D eigenvalue weighted by Gasteiger charge is 2.14. The molecule has 0 saturated heterocycles. The Bertz CT molecular complexity index is 93.1. The van der Waals surface area contributed by atoms with Gasteiger partial charge < -0.3 is 10.5 Å². The first kappa shape index (κ1) is 8.43. The summed E-state index contributed by atoms with van der Waals surface area (Å²) >= 11 is 0. The molecule has 0 heterocycles. The van der Waals surface area contributed by atoms with Gasteiger partial charge in [-0.05, 0) is 6.92 Å². The largest absolute Gasteiger partial charge is 0.462 e. The van der Waals surface area contributed by atoms with E-state index >= 15 is 0 Å². The van der Waals surface area contributed by atoms with Crippen LogP contribution >= 0.6 is 0 Å². The van der Waals surface area contributed by atoms with E-state index in [1.54, 1.807) is 6.92 Å². The second-order valence-corrected chi connectivity index (χ2v) is 1.86. The van der Waals surface area contributed by atoms with Gasteiger partial charge in [-0.3, -0.25) is 0 Å². The van der Waals surface area contributed by atoms with Crippen LogP contribution in [0.25, 0.3) is 0 Å². The standard InChI is InChI=1S/C6H13NO2/c1-3-5(7)6(8)9-4-2/h5H,3-4,7H2,1-2H3/p+1/t5-/m1/s1. The maximum Gasteiger partial charge on any atom is 0.364 e. The Morgan fingerprint density at radius 2 is 2.22 bits per heavy atom. The second-order valence-electron chi connectivity index (χ2n) is 1.86. The molecule has 54 valence electrons. The Morgan fingerprint density at radius 1 is 1.67 bits per heavy atom. The first-order valence-corrected chi connectivity index (χ1v) is 3.22. The zero-order chi connectivity index (χ0) is 7.28. The van der Waals surface area contributed by atoms with Crippen LogP contribution in [0.1, 0.15) is 20.3 Å². The molecule has 9 heavy (non-hydrogen) atoms. The van der Waals surface area contributed by atoms with Gasteiger partial charge in [0.05, 0.1) is 6.61 Å². The topological polar surface area (TPSA) is 53.9 Å². The lowest BCUT2D eigenvalue weighted by Crippen LogP contribution is -2.64. The molecule has 0 saturated carbocycles. The molecule has 0 aliphatic rings. The summed E-state index contributed by atoms with van der Waals surface area (Å²) in [6, 6.07) is -0.190. The number of hydrogen-bond donors (Lipinski definition) is 1. The van der Waals surface area contributed by atoms with Gasteiger partial charge in [-0.15, -0.1) is 0 Å². The van der Waals surface area contributed by atoms with Crippen molar-refractivity contribution in [3.8, 4) is 0 Å². The molecule has 0 rings (SSSR count). The molecule has 0 radical (unpaired) electrons. The summed E-state index contributed by atoms with van der Waals surface area (Å²) < 4.78 is 4.69. The summed E-state index contributed by atoms with van der Waals surface area (Å²) in [5.74, 6) is -0.194. The minimum absolute atomic E-state index is 0.190. The molecule has 3 N–H and O–H groups in total. The minimum Gasteiger partial charge on any atom is -0.462 e. The zero-order valence-corrected chi connectivity index (χ0v) is 6.02. The summed E-state index contributed by atoms with van der Waals surface area (Å²) in [5.41, 5.74) is 3.60. The van der Waals surface area contributed by atoms with Gasteiger partial charge >= 0.3 is 5.97 Å². The monoisotopic (exact) mass is 132 g/mol. The lowest BCUT2D eigenvalue weighted by atomic mass is 10.2. The summed E-state index contributed by atoms with van der Waals surface area (Å²) in [7, 11) is 0. The number of hydrogen-bond acceptors (Lipinski definition) is 2. The van der Waals surface area contributed by atoms with Crippen LogP contribution in [0.5, 0.6) is 0 Å². The van der Waals surface area contributed by atoms with Gasteiger partial charge in [0.2, 0.25) is 0 Å². The molecular weight excluding hydrogens is 118 g/mol. The smallest absolute Gasteiger partial charge is 0.364 e. The van der Waals surface area contributed by atoms with E-state index in [1.165, 1.54) is 0 Å². The van der Waals surface area contributed by atoms with E-state index in [2.05, 4.69) is 5.73 Å².